The van der Waals surface area contributed by atoms with Crippen LogP contribution in [0.4, 0.5) is 5.69 Å². The summed E-state index contributed by atoms with van der Waals surface area (Å²) >= 11 is 2.24. The van der Waals surface area contributed by atoms with E-state index in [-0.39, 0.29) is 0 Å². The molecule has 0 aliphatic heterocycles. The lowest BCUT2D eigenvalue weighted by molar-refractivity contribution is 1.30. The van der Waals surface area contributed by atoms with Crippen LogP contribution in [0.2, 0.25) is 0 Å². The molecule has 0 atom stereocenters. The van der Waals surface area contributed by atoms with Crippen LogP contribution in [0.25, 0.3) is 0 Å². The van der Waals surface area contributed by atoms with Crippen LogP contribution < -0.4 is 0 Å². The lowest BCUT2D eigenvalue weighted by Crippen LogP contribution is -1.81. The van der Waals surface area contributed by atoms with Crippen molar-refractivity contribution >= 4 is 33.7 Å². The van der Waals surface area contributed by atoms with Crippen molar-refractivity contribution in [3.05, 3.63) is 28.8 Å². The van der Waals surface area contributed by atoms with Gasteiger partial charge in [-0.2, -0.15) is 0 Å². The summed E-state index contributed by atoms with van der Waals surface area (Å²) in [6.45, 7) is 6.34. The minimum atomic E-state index is 1.05. The molecule has 0 bridgehead atoms. The molecule has 0 radical (unpaired) electrons. The fourth-order valence-electron chi connectivity index (χ4n) is 1.37. The van der Waals surface area contributed by atoms with Crippen molar-refractivity contribution in [1.29, 1.82) is 0 Å². The standard InChI is InChI=1S/C9H11INP/c1-6-4-7(2)9(11-12-10)8(3)5-6/h4-5H,1-3H3. The van der Waals surface area contributed by atoms with Gasteiger partial charge in [0.05, 0.1) is 11.7 Å². The van der Waals surface area contributed by atoms with Crippen LogP contribution in [0.5, 0.6) is 0 Å². The van der Waals surface area contributed by atoms with E-state index in [1.165, 1.54) is 16.7 Å². The summed E-state index contributed by atoms with van der Waals surface area (Å²) in [6, 6.07) is 5.40. The van der Waals surface area contributed by atoms with Gasteiger partial charge in [-0.25, -0.2) is 4.74 Å². The maximum atomic E-state index is 4.41. The van der Waals surface area contributed by atoms with E-state index in [0.717, 1.165) is 11.7 Å². The van der Waals surface area contributed by atoms with Crippen LogP contribution in [0.3, 0.4) is 0 Å². The highest BCUT2D eigenvalue weighted by atomic mass is 127. The van der Waals surface area contributed by atoms with Crippen molar-refractivity contribution in [1.82, 2.24) is 0 Å². The maximum Gasteiger partial charge on any atom is 0.0832 e. The quantitative estimate of drug-likeness (QED) is 0.524. The molecule has 0 heterocycles. The van der Waals surface area contributed by atoms with Gasteiger partial charge in [0.15, 0.2) is 0 Å². The molecule has 0 aliphatic rings. The number of nitrogens with zero attached hydrogens (tertiary/aromatic N) is 1. The first-order valence-corrected chi connectivity index (χ1v) is 7.38. The summed E-state index contributed by atoms with van der Waals surface area (Å²) in [6.07, 6.45) is 0. The van der Waals surface area contributed by atoms with E-state index in [9.17, 15) is 0 Å². The van der Waals surface area contributed by atoms with Gasteiger partial charge in [0, 0.05) is 22.0 Å². The molecule has 64 valence electrons. The lowest BCUT2D eigenvalue weighted by atomic mass is 10.1. The summed E-state index contributed by atoms with van der Waals surface area (Å²) in [4.78, 5) is 0. The zero-order valence-electron chi connectivity index (χ0n) is 7.43. The number of aryl methyl sites for hydroxylation is 3. The molecule has 0 fully saturated rings. The minimum absolute atomic E-state index is 1.05. The van der Waals surface area contributed by atoms with Crippen LogP contribution >= 0.6 is 28.1 Å². The number of hydrogen-bond donors (Lipinski definition) is 0. The second kappa shape index (κ2) is 4.33. The Bertz CT molecular complexity index is 297. The monoisotopic (exact) mass is 291 g/mol. The van der Waals surface area contributed by atoms with Gasteiger partial charge in [-0.05, 0) is 31.9 Å². The molecule has 12 heavy (non-hydrogen) atoms. The molecule has 1 rings (SSSR count). The van der Waals surface area contributed by atoms with Gasteiger partial charge in [-0.15, -0.1) is 0 Å². The topological polar surface area (TPSA) is 12.4 Å². The third-order valence-electron chi connectivity index (χ3n) is 1.77. The molecular formula is C9H11INP. The second-order valence-corrected chi connectivity index (χ2v) is 4.57. The molecular weight excluding hydrogens is 280 g/mol. The zero-order valence-corrected chi connectivity index (χ0v) is 10.5. The van der Waals surface area contributed by atoms with Gasteiger partial charge in [-0.1, -0.05) is 17.7 Å². The summed E-state index contributed by atoms with van der Waals surface area (Å²) in [5.41, 5.74) is 5.01. The van der Waals surface area contributed by atoms with Crippen LogP contribution in [-0.2, 0) is 0 Å². The van der Waals surface area contributed by atoms with Crippen LogP contribution in [0.1, 0.15) is 16.7 Å². The highest BCUT2D eigenvalue weighted by molar-refractivity contribution is 14.2. The minimum Gasteiger partial charge on any atom is -0.221 e. The van der Waals surface area contributed by atoms with Crippen LogP contribution in [-0.4, -0.2) is 0 Å². The first kappa shape index (κ1) is 10.1. The smallest absolute Gasteiger partial charge is 0.0832 e. The van der Waals surface area contributed by atoms with Crippen molar-refractivity contribution in [3.63, 3.8) is 0 Å². The molecule has 0 aliphatic carbocycles. The number of benzene rings is 1. The largest absolute Gasteiger partial charge is 0.221 e. The molecule has 3 heteroatoms. The Labute approximate surface area is 88.0 Å². The Morgan fingerprint density at radius 2 is 1.67 bits per heavy atom. The number of hydrogen-bond acceptors (Lipinski definition) is 1. The molecule has 0 N–H and O–H groups in total. The average molecular weight is 291 g/mol. The summed E-state index contributed by atoms with van der Waals surface area (Å²) < 4.78 is 4.41. The molecule has 0 saturated heterocycles. The van der Waals surface area contributed by atoms with E-state index in [2.05, 4.69) is 59.7 Å². The molecule has 1 nitrogen and oxygen atoms in total. The average Bonchev–Trinajstić information content (AvgIpc) is 1.96. The second-order valence-electron chi connectivity index (χ2n) is 2.92. The van der Waals surface area contributed by atoms with Gasteiger partial charge in [0.1, 0.15) is 0 Å². The summed E-state index contributed by atoms with van der Waals surface area (Å²) in [5.74, 6) is 0. The molecule has 0 unspecified atom stereocenters. The van der Waals surface area contributed by atoms with Crippen molar-refractivity contribution in [3.8, 4) is 0 Å². The third-order valence-corrected chi connectivity index (χ3v) is 2.70. The highest BCUT2D eigenvalue weighted by Gasteiger charge is 2.00. The first-order chi connectivity index (χ1) is 5.65. The number of rotatable bonds is 1. The predicted octanol–water partition coefficient (Wildman–Crippen LogP) is 4.72. The molecule has 1 aromatic carbocycles. The van der Waals surface area contributed by atoms with Crippen molar-refractivity contribution in [2.24, 2.45) is 4.74 Å². The molecule has 0 saturated carbocycles. The van der Waals surface area contributed by atoms with Crippen LogP contribution in [0.15, 0.2) is 16.9 Å². The zero-order chi connectivity index (χ0) is 9.14. The van der Waals surface area contributed by atoms with E-state index in [4.69, 9.17) is 0 Å². The fraction of sp³-hybridized carbons (Fsp3) is 0.333. The Hall–Kier alpha value is 0.0500. The van der Waals surface area contributed by atoms with E-state index in [1.807, 2.05) is 0 Å². The van der Waals surface area contributed by atoms with Crippen LogP contribution in [0, 0.1) is 20.8 Å². The fourth-order valence-corrected chi connectivity index (χ4v) is 2.41. The van der Waals surface area contributed by atoms with Gasteiger partial charge >= 0.3 is 0 Å². The SMILES string of the molecule is Cc1cc(C)c(N=PI)c(C)c1. The highest BCUT2D eigenvalue weighted by Crippen LogP contribution is 2.29. The molecule has 0 amide bonds. The van der Waals surface area contributed by atoms with Gasteiger partial charge in [0.2, 0.25) is 0 Å². The Kier molecular flexibility index (Phi) is 3.66. The number of halogens is 1. The maximum absolute atomic E-state index is 4.41. The predicted molar refractivity (Wildman–Crippen MR) is 63.7 cm³/mol. The van der Waals surface area contributed by atoms with Gasteiger partial charge in [0.25, 0.3) is 0 Å². The lowest BCUT2D eigenvalue weighted by Gasteiger charge is -2.04. The van der Waals surface area contributed by atoms with Crippen molar-refractivity contribution < 1.29 is 0 Å². The molecule has 0 spiro atoms. The molecule has 0 aromatic heterocycles. The first-order valence-electron chi connectivity index (χ1n) is 3.75. The van der Waals surface area contributed by atoms with Gasteiger partial charge < -0.3 is 0 Å². The Morgan fingerprint density at radius 1 is 1.17 bits per heavy atom. The third kappa shape index (κ3) is 2.27. The van der Waals surface area contributed by atoms with E-state index >= 15 is 0 Å². The van der Waals surface area contributed by atoms with Crippen molar-refractivity contribution in [2.45, 2.75) is 20.8 Å². The summed E-state index contributed by atoms with van der Waals surface area (Å²) in [7, 11) is 0. The Balaban J connectivity index is 3.28. The molecule has 1 aromatic rings. The van der Waals surface area contributed by atoms with Gasteiger partial charge in [-0.3, -0.25) is 0 Å². The Morgan fingerprint density at radius 3 is 2.08 bits per heavy atom. The summed E-state index contributed by atoms with van der Waals surface area (Å²) in [5, 5.41) is 0. The normalized spacial score (nSPS) is 11.0. The van der Waals surface area contributed by atoms with E-state index in [0.29, 0.717) is 0 Å². The van der Waals surface area contributed by atoms with E-state index in [1.54, 1.807) is 0 Å². The van der Waals surface area contributed by atoms with E-state index < -0.39 is 0 Å². The van der Waals surface area contributed by atoms with Crippen molar-refractivity contribution in [2.75, 3.05) is 0 Å².